The van der Waals surface area contributed by atoms with Gasteiger partial charge in [0.05, 0.1) is 11.4 Å². The number of piperidine rings is 1. The number of nitrogens with one attached hydrogen (secondary N) is 1. The second-order valence-electron chi connectivity index (χ2n) is 8.63. The topological polar surface area (TPSA) is 50.2 Å². The number of carbonyl (C=O) groups is 1. The lowest BCUT2D eigenvalue weighted by molar-refractivity contribution is 0.0901. The number of carbonyl (C=O) groups excluding carboxylic acids is 1. The van der Waals surface area contributed by atoms with Crippen LogP contribution in [0.5, 0.6) is 0 Å². The minimum absolute atomic E-state index is 0.0283. The second-order valence-corrected chi connectivity index (χ2v) is 9.06. The van der Waals surface area contributed by atoms with Crippen LogP contribution in [-0.4, -0.2) is 39.7 Å². The van der Waals surface area contributed by atoms with Gasteiger partial charge in [-0.2, -0.15) is 5.10 Å². The maximum atomic E-state index is 13.2. The number of amides is 1. The van der Waals surface area contributed by atoms with E-state index >= 15 is 0 Å². The summed E-state index contributed by atoms with van der Waals surface area (Å²) in [6.45, 7) is 2.86. The van der Waals surface area contributed by atoms with Gasteiger partial charge in [-0.25, -0.2) is 4.68 Å². The standard InChI is InChI=1S/C25H27ClN4O/c26-20-10-6-18(7-11-20)17-29-14-12-21(13-15-29)27-25(31)24-16-23(19-8-9-19)28-30(24)22-4-2-1-3-5-22/h1-7,10-11,16,19,21H,8-9,12-15,17H2,(H,27,31). The van der Waals surface area contributed by atoms with Crippen LogP contribution in [0.3, 0.4) is 0 Å². The first-order chi connectivity index (χ1) is 15.2. The fraction of sp³-hybridized carbons (Fsp3) is 0.360. The molecule has 1 aromatic heterocycles. The zero-order valence-corrected chi connectivity index (χ0v) is 18.3. The van der Waals surface area contributed by atoms with Crippen molar-refractivity contribution in [3.8, 4) is 5.69 Å². The molecule has 2 fully saturated rings. The summed E-state index contributed by atoms with van der Waals surface area (Å²) in [5.41, 5.74) is 3.87. The van der Waals surface area contributed by atoms with Gasteiger partial charge >= 0.3 is 0 Å². The number of likely N-dealkylation sites (tertiary alicyclic amines) is 1. The van der Waals surface area contributed by atoms with Crippen LogP contribution in [0, 0.1) is 0 Å². The van der Waals surface area contributed by atoms with E-state index in [1.54, 1.807) is 4.68 Å². The molecule has 2 heterocycles. The summed E-state index contributed by atoms with van der Waals surface area (Å²) < 4.78 is 1.80. The normalized spacial score (nSPS) is 17.6. The minimum atomic E-state index is -0.0283. The molecule has 0 spiro atoms. The van der Waals surface area contributed by atoms with Crippen LogP contribution in [-0.2, 0) is 6.54 Å². The predicted molar refractivity (Wildman–Crippen MR) is 123 cm³/mol. The third-order valence-corrected chi connectivity index (χ3v) is 6.45. The van der Waals surface area contributed by atoms with Gasteiger partial charge in [-0.1, -0.05) is 41.9 Å². The zero-order chi connectivity index (χ0) is 21.2. The molecule has 3 aromatic rings. The van der Waals surface area contributed by atoms with Crippen molar-refractivity contribution in [2.75, 3.05) is 13.1 Å². The first-order valence-corrected chi connectivity index (χ1v) is 11.5. The van der Waals surface area contributed by atoms with Gasteiger partial charge in [0.15, 0.2) is 0 Å². The summed E-state index contributed by atoms with van der Waals surface area (Å²) in [5, 5.41) is 8.79. The quantitative estimate of drug-likeness (QED) is 0.606. The summed E-state index contributed by atoms with van der Waals surface area (Å²) >= 11 is 5.98. The van der Waals surface area contributed by atoms with E-state index in [9.17, 15) is 4.79 Å². The SMILES string of the molecule is O=C(NC1CCN(Cc2ccc(Cl)cc2)CC1)c1cc(C2CC2)nn1-c1ccccc1. The Labute approximate surface area is 188 Å². The van der Waals surface area contributed by atoms with Crippen molar-refractivity contribution < 1.29 is 4.79 Å². The Morgan fingerprint density at radius 3 is 2.39 bits per heavy atom. The smallest absolute Gasteiger partial charge is 0.270 e. The number of nitrogens with zero attached hydrogens (tertiary/aromatic N) is 3. The van der Waals surface area contributed by atoms with Crippen LogP contribution in [0.2, 0.25) is 5.02 Å². The van der Waals surface area contributed by atoms with E-state index in [0.29, 0.717) is 11.6 Å². The van der Waals surface area contributed by atoms with E-state index in [-0.39, 0.29) is 11.9 Å². The number of benzene rings is 2. The van der Waals surface area contributed by atoms with Gasteiger partial charge in [0.25, 0.3) is 5.91 Å². The molecule has 5 nitrogen and oxygen atoms in total. The van der Waals surface area contributed by atoms with Gasteiger partial charge in [0.1, 0.15) is 5.69 Å². The molecule has 0 unspecified atom stereocenters. The minimum Gasteiger partial charge on any atom is -0.348 e. The molecular formula is C25H27ClN4O. The Bertz CT molecular complexity index is 1040. The summed E-state index contributed by atoms with van der Waals surface area (Å²) in [5.74, 6) is 0.479. The van der Waals surface area contributed by atoms with Crippen LogP contribution in [0.25, 0.3) is 5.69 Å². The second kappa shape index (κ2) is 8.85. The van der Waals surface area contributed by atoms with Gasteiger partial charge in [-0.05, 0) is 61.6 Å². The van der Waals surface area contributed by atoms with Crippen LogP contribution in [0.15, 0.2) is 60.7 Å². The van der Waals surface area contributed by atoms with E-state index < -0.39 is 0 Å². The van der Waals surface area contributed by atoms with Gasteiger partial charge in [-0.15, -0.1) is 0 Å². The molecule has 1 aliphatic heterocycles. The van der Waals surface area contributed by atoms with Gasteiger partial charge < -0.3 is 5.32 Å². The molecule has 2 aromatic carbocycles. The maximum Gasteiger partial charge on any atom is 0.270 e. The third kappa shape index (κ3) is 4.83. The van der Waals surface area contributed by atoms with Gasteiger partial charge in [-0.3, -0.25) is 9.69 Å². The summed E-state index contributed by atoms with van der Waals surface area (Å²) in [6.07, 6.45) is 4.24. The van der Waals surface area contributed by atoms with Crippen molar-refractivity contribution in [3.63, 3.8) is 0 Å². The highest BCUT2D eigenvalue weighted by atomic mass is 35.5. The summed E-state index contributed by atoms with van der Waals surface area (Å²) in [4.78, 5) is 15.6. The van der Waals surface area contributed by atoms with Crippen LogP contribution >= 0.6 is 11.6 Å². The Hall–Kier alpha value is -2.63. The average molecular weight is 435 g/mol. The fourth-order valence-corrected chi connectivity index (χ4v) is 4.37. The lowest BCUT2D eigenvalue weighted by Gasteiger charge is -2.32. The molecular weight excluding hydrogens is 408 g/mol. The molecule has 1 saturated carbocycles. The van der Waals surface area contributed by atoms with Crippen molar-refractivity contribution in [1.29, 1.82) is 0 Å². The number of aromatic nitrogens is 2. The molecule has 31 heavy (non-hydrogen) atoms. The largest absolute Gasteiger partial charge is 0.348 e. The highest BCUT2D eigenvalue weighted by Gasteiger charge is 2.30. The molecule has 2 aliphatic rings. The molecule has 1 aliphatic carbocycles. The maximum absolute atomic E-state index is 13.2. The number of rotatable bonds is 6. The molecule has 160 valence electrons. The number of halogens is 1. The Morgan fingerprint density at radius 1 is 1.00 bits per heavy atom. The fourth-order valence-electron chi connectivity index (χ4n) is 4.25. The monoisotopic (exact) mass is 434 g/mol. The molecule has 1 N–H and O–H groups in total. The van der Waals surface area contributed by atoms with E-state index in [1.807, 2.05) is 48.5 Å². The Morgan fingerprint density at radius 2 is 1.71 bits per heavy atom. The highest BCUT2D eigenvalue weighted by Crippen LogP contribution is 2.39. The first-order valence-electron chi connectivity index (χ1n) is 11.1. The molecule has 1 saturated heterocycles. The zero-order valence-electron chi connectivity index (χ0n) is 17.5. The van der Waals surface area contributed by atoms with Gasteiger partial charge in [0.2, 0.25) is 0 Å². The lowest BCUT2D eigenvalue weighted by Crippen LogP contribution is -2.44. The lowest BCUT2D eigenvalue weighted by atomic mass is 10.0. The van der Waals surface area contributed by atoms with E-state index in [0.717, 1.165) is 48.9 Å². The molecule has 6 heteroatoms. The Kier molecular flexibility index (Phi) is 5.79. The van der Waals surface area contributed by atoms with Crippen LogP contribution in [0.1, 0.15) is 53.3 Å². The average Bonchev–Trinajstić information content (AvgIpc) is 3.55. The van der Waals surface area contributed by atoms with Crippen molar-refractivity contribution in [2.24, 2.45) is 0 Å². The molecule has 0 bridgehead atoms. The number of hydrogen-bond acceptors (Lipinski definition) is 3. The van der Waals surface area contributed by atoms with Crippen molar-refractivity contribution in [3.05, 3.63) is 82.6 Å². The Balaban J connectivity index is 1.22. The molecule has 0 atom stereocenters. The number of para-hydroxylation sites is 1. The molecule has 1 amide bonds. The highest BCUT2D eigenvalue weighted by molar-refractivity contribution is 6.30. The molecule has 0 radical (unpaired) electrons. The van der Waals surface area contributed by atoms with Crippen LogP contribution in [0.4, 0.5) is 0 Å². The third-order valence-electron chi connectivity index (χ3n) is 6.20. The van der Waals surface area contributed by atoms with E-state index in [2.05, 4.69) is 22.3 Å². The molecule has 5 rings (SSSR count). The first kappa shape index (κ1) is 20.3. The number of hydrogen-bond donors (Lipinski definition) is 1. The van der Waals surface area contributed by atoms with Crippen molar-refractivity contribution >= 4 is 17.5 Å². The summed E-state index contributed by atoms with van der Waals surface area (Å²) in [6, 6.07) is 20.1. The van der Waals surface area contributed by atoms with Crippen molar-refractivity contribution in [2.45, 2.75) is 44.2 Å². The van der Waals surface area contributed by atoms with Gasteiger partial charge in [0, 0.05) is 36.6 Å². The summed E-state index contributed by atoms with van der Waals surface area (Å²) in [7, 11) is 0. The van der Waals surface area contributed by atoms with Crippen molar-refractivity contribution in [1.82, 2.24) is 20.0 Å². The van der Waals surface area contributed by atoms with Crippen LogP contribution < -0.4 is 5.32 Å². The van der Waals surface area contributed by atoms with E-state index in [4.69, 9.17) is 16.7 Å². The van der Waals surface area contributed by atoms with E-state index in [1.165, 1.54) is 18.4 Å². The predicted octanol–water partition coefficient (Wildman–Crippen LogP) is 4.80.